The highest BCUT2D eigenvalue weighted by molar-refractivity contribution is 6.19. The smallest absolute Gasteiger partial charge is 0.309 e. The lowest BCUT2D eigenvalue weighted by atomic mass is 9.83. The maximum Gasteiger partial charge on any atom is 0.309 e. The maximum absolute atomic E-state index is 11.2. The highest BCUT2D eigenvalue weighted by Gasteiger charge is 2.21. The predicted octanol–water partition coefficient (Wildman–Crippen LogP) is 5.45. The van der Waals surface area contributed by atoms with Crippen molar-refractivity contribution >= 4 is 29.0 Å². The second-order valence-electron chi connectivity index (χ2n) is 8.04. The number of halogens is 1. The van der Waals surface area contributed by atoms with Crippen LogP contribution >= 0.6 is 11.6 Å². The number of carboxylic acids is 1. The first-order chi connectivity index (χ1) is 15.9. The topological polar surface area (TPSA) is 94.8 Å². The molecule has 3 aromatic rings. The SMILES string of the molecule is Cc1cc(/C(C[C@H](c2ccc(NCC(CCl)C(=O)O)cc2)c2ccccc2C)=N/O)ccn1. The first-order valence-electron chi connectivity index (χ1n) is 10.7. The molecule has 2 atom stereocenters. The average molecular weight is 466 g/mol. The third-order valence-electron chi connectivity index (χ3n) is 5.71. The molecule has 0 saturated heterocycles. The Morgan fingerprint density at radius 1 is 1.12 bits per heavy atom. The summed E-state index contributed by atoms with van der Waals surface area (Å²) in [5.41, 5.74) is 6.46. The number of anilines is 1. The summed E-state index contributed by atoms with van der Waals surface area (Å²) in [6.07, 6.45) is 2.22. The lowest BCUT2D eigenvalue weighted by Gasteiger charge is -2.21. The first-order valence-corrected chi connectivity index (χ1v) is 11.3. The molecule has 0 fully saturated rings. The Bertz CT molecular complexity index is 1120. The highest BCUT2D eigenvalue weighted by atomic mass is 35.5. The van der Waals surface area contributed by atoms with Crippen LogP contribution in [-0.4, -0.2) is 39.4 Å². The number of alkyl halides is 1. The van der Waals surface area contributed by atoms with Gasteiger partial charge >= 0.3 is 5.97 Å². The summed E-state index contributed by atoms with van der Waals surface area (Å²) in [6.45, 7) is 4.23. The molecule has 1 aromatic heterocycles. The number of benzene rings is 2. The van der Waals surface area contributed by atoms with Crippen LogP contribution in [-0.2, 0) is 4.79 Å². The molecule has 1 unspecified atom stereocenters. The fourth-order valence-electron chi connectivity index (χ4n) is 3.80. The van der Waals surface area contributed by atoms with Gasteiger partial charge in [0.05, 0.1) is 11.6 Å². The standard InChI is InChI=1S/C26H28ClN3O3/c1-17-5-3-4-6-23(17)24(14-25(30-33)20-11-12-28-18(2)13-20)19-7-9-22(10-8-19)29-16-21(15-27)26(31)32/h3-13,21,24,29,33H,14-16H2,1-2H3,(H,31,32)/b30-25+/t21?,24-/m1/s1. The summed E-state index contributed by atoms with van der Waals surface area (Å²) < 4.78 is 0. The van der Waals surface area contributed by atoms with E-state index in [0.717, 1.165) is 33.6 Å². The number of aryl methyl sites for hydroxylation is 2. The minimum absolute atomic E-state index is 0.0331. The molecule has 0 aliphatic carbocycles. The van der Waals surface area contributed by atoms with Crippen molar-refractivity contribution in [2.24, 2.45) is 11.1 Å². The molecule has 0 bridgehead atoms. The van der Waals surface area contributed by atoms with Crippen LogP contribution in [0, 0.1) is 19.8 Å². The summed E-state index contributed by atoms with van der Waals surface area (Å²) in [6, 6.07) is 19.8. The minimum Gasteiger partial charge on any atom is -0.481 e. The summed E-state index contributed by atoms with van der Waals surface area (Å²) in [5, 5.41) is 25.8. The number of aliphatic carboxylic acids is 1. The van der Waals surface area contributed by atoms with Gasteiger partial charge in [0.1, 0.15) is 0 Å². The number of hydrogen-bond donors (Lipinski definition) is 3. The molecule has 0 aliphatic rings. The largest absolute Gasteiger partial charge is 0.481 e. The second-order valence-corrected chi connectivity index (χ2v) is 8.35. The summed E-state index contributed by atoms with van der Waals surface area (Å²) in [7, 11) is 0. The Morgan fingerprint density at radius 3 is 2.45 bits per heavy atom. The van der Waals surface area contributed by atoms with Crippen LogP contribution in [0.3, 0.4) is 0 Å². The van der Waals surface area contributed by atoms with E-state index in [4.69, 9.17) is 11.6 Å². The number of oxime groups is 1. The Balaban J connectivity index is 1.89. The van der Waals surface area contributed by atoms with Crippen molar-refractivity contribution in [2.45, 2.75) is 26.2 Å². The number of carbonyl (C=O) groups is 1. The number of aromatic nitrogens is 1. The molecule has 0 amide bonds. The van der Waals surface area contributed by atoms with Gasteiger partial charge in [-0.05, 0) is 54.8 Å². The van der Waals surface area contributed by atoms with Crippen molar-refractivity contribution in [3.63, 3.8) is 0 Å². The Morgan fingerprint density at radius 2 is 1.85 bits per heavy atom. The van der Waals surface area contributed by atoms with E-state index in [0.29, 0.717) is 12.1 Å². The third-order valence-corrected chi connectivity index (χ3v) is 6.09. The van der Waals surface area contributed by atoms with Gasteiger partial charge in [0.2, 0.25) is 0 Å². The van der Waals surface area contributed by atoms with Crippen molar-refractivity contribution in [2.75, 3.05) is 17.7 Å². The van der Waals surface area contributed by atoms with E-state index in [9.17, 15) is 15.1 Å². The van der Waals surface area contributed by atoms with Crippen molar-refractivity contribution < 1.29 is 15.1 Å². The van der Waals surface area contributed by atoms with Gasteiger partial charge in [-0.3, -0.25) is 9.78 Å². The van der Waals surface area contributed by atoms with E-state index >= 15 is 0 Å². The number of hydrogen-bond acceptors (Lipinski definition) is 5. The molecule has 172 valence electrons. The molecule has 7 heteroatoms. The van der Waals surface area contributed by atoms with Crippen LogP contribution in [0.15, 0.2) is 72.0 Å². The number of nitrogens with one attached hydrogen (secondary N) is 1. The fourth-order valence-corrected chi connectivity index (χ4v) is 4.04. The van der Waals surface area contributed by atoms with Gasteiger partial charge in [-0.1, -0.05) is 41.6 Å². The Kier molecular flexibility index (Phi) is 8.44. The lowest BCUT2D eigenvalue weighted by molar-refractivity contribution is -0.140. The molecule has 0 saturated carbocycles. The molecule has 2 aromatic carbocycles. The zero-order valence-corrected chi connectivity index (χ0v) is 19.5. The van der Waals surface area contributed by atoms with Gasteiger partial charge in [0.25, 0.3) is 0 Å². The number of nitrogens with zero attached hydrogens (tertiary/aromatic N) is 2. The van der Waals surface area contributed by atoms with E-state index < -0.39 is 11.9 Å². The van der Waals surface area contributed by atoms with E-state index in [-0.39, 0.29) is 18.3 Å². The van der Waals surface area contributed by atoms with Gasteiger partial charge in [0.15, 0.2) is 0 Å². The van der Waals surface area contributed by atoms with Crippen molar-refractivity contribution in [3.05, 3.63) is 94.8 Å². The molecular formula is C26H28ClN3O3. The number of rotatable bonds is 10. The lowest BCUT2D eigenvalue weighted by Crippen LogP contribution is -2.24. The second kappa shape index (κ2) is 11.5. The summed E-state index contributed by atoms with van der Waals surface area (Å²) >= 11 is 5.74. The molecule has 6 nitrogen and oxygen atoms in total. The van der Waals surface area contributed by atoms with Crippen LogP contribution in [0.2, 0.25) is 0 Å². The maximum atomic E-state index is 11.2. The van der Waals surface area contributed by atoms with Crippen molar-refractivity contribution in [1.82, 2.24) is 4.98 Å². The predicted molar refractivity (Wildman–Crippen MR) is 132 cm³/mol. The van der Waals surface area contributed by atoms with Crippen LogP contribution in [0.4, 0.5) is 5.69 Å². The van der Waals surface area contributed by atoms with E-state index in [1.54, 1.807) is 6.20 Å². The third kappa shape index (κ3) is 6.33. The molecule has 1 heterocycles. The first kappa shape index (κ1) is 24.3. The highest BCUT2D eigenvalue weighted by Crippen LogP contribution is 2.32. The molecule has 33 heavy (non-hydrogen) atoms. The molecule has 3 rings (SSSR count). The number of carboxylic acid groups (broad SMARTS) is 1. The fraction of sp³-hybridized carbons (Fsp3) is 0.269. The molecular weight excluding hydrogens is 438 g/mol. The molecule has 0 aliphatic heterocycles. The normalized spacial score (nSPS) is 13.4. The monoisotopic (exact) mass is 465 g/mol. The van der Waals surface area contributed by atoms with Gasteiger partial charge in [-0.2, -0.15) is 0 Å². The summed E-state index contributed by atoms with van der Waals surface area (Å²) in [4.78, 5) is 15.4. The van der Waals surface area contributed by atoms with Crippen molar-refractivity contribution in [1.29, 1.82) is 0 Å². The molecule has 0 spiro atoms. The van der Waals surface area contributed by atoms with Gasteiger partial charge in [-0.15, -0.1) is 11.6 Å². The minimum atomic E-state index is -0.920. The molecule has 0 radical (unpaired) electrons. The van der Waals surface area contributed by atoms with Gasteiger partial charge < -0.3 is 15.6 Å². The molecule has 3 N–H and O–H groups in total. The Hall–Kier alpha value is -3.38. The summed E-state index contributed by atoms with van der Waals surface area (Å²) in [5.74, 6) is -1.56. The van der Waals surface area contributed by atoms with Crippen LogP contribution in [0.1, 0.15) is 40.3 Å². The van der Waals surface area contributed by atoms with E-state index in [1.165, 1.54) is 0 Å². The Labute approximate surface area is 199 Å². The zero-order valence-electron chi connectivity index (χ0n) is 18.7. The van der Waals surface area contributed by atoms with Crippen molar-refractivity contribution in [3.8, 4) is 0 Å². The number of pyridine rings is 1. The quantitative estimate of drug-likeness (QED) is 0.160. The van der Waals surface area contributed by atoms with Gasteiger partial charge in [0, 0.05) is 47.9 Å². The zero-order chi connectivity index (χ0) is 23.8. The average Bonchev–Trinajstić information content (AvgIpc) is 2.81. The van der Waals surface area contributed by atoms with E-state index in [1.807, 2.05) is 55.5 Å². The van der Waals surface area contributed by atoms with Gasteiger partial charge in [-0.25, -0.2) is 0 Å². The van der Waals surface area contributed by atoms with Crippen LogP contribution < -0.4 is 5.32 Å². The van der Waals surface area contributed by atoms with E-state index in [2.05, 4.69) is 34.5 Å². The van der Waals surface area contributed by atoms with Crippen LogP contribution in [0.25, 0.3) is 0 Å². The van der Waals surface area contributed by atoms with Crippen LogP contribution in [0.5, 0.6) is 0 Å².